The summed E-state index contributed by atoms with van der Waals surface area (Å²) >= 11 is 0. The lowest BCUT2D eigenvalue weighted by Crippen LogP contribution is -2.33. The van der Waals surface area contributed by atoms with Crippen molar-refractivity contribution >= 4 is 5.97 Å². The topological polar surface area (TPSA) is 26.3 Å². The van der Waals surface area contributed by atoms with E-state index in [0.29, 0.717) is 5.92 Å². The van der Waals surface area contributed by atoms with Crippen molar-refractivity contribution in [3.63, 3.8) is 0 Å². The maximum Gasteiger partial charge on any atom is 0.315 e. The molecule has 0 aromatic carbocycles. The highest BCUT2D eigenvalue weighted by molar-refractivity contribution is 5.80. The van der Waals surface area contributed by atoms with Crippen LogP contribution in [0.1, 0.15) is 26.7 Å². The summed E-state index contributed by atoms with van der Waals surface area (Å²) in [5.74, 6) is 0.231. The van der Waals surface area contributed by atoms with Crippen molar-refractivity contribution in [1.29, 1.82) is 0 Å². The second-order valence-corrected chi connectivity index (χ2v) is 3.63. The maximum atomic E-state index is 11.5. The van der Waals surface area contributed by atoms with Crippen molar-refractivity contribution in [1.82, 2.24) is 0 Å². The normalized spacial score (nSPS) is 28.0. The van der Waals surface area contributed by atoms with E-state index in [1.807, 2.05) is 6.08 Å². The average molecular weight is 168 g/mol. The minimum Gasteiger partial charge on any atom is -0.468 e. The van der Waals surface area contributed by atoms with Crippen molar-refractivity contribution in [2.75, 3.05) is 7.11 Å². The Morgan fingerprint density at radius 2 is 2.25 bits per heavy atom. The van der Waals surface area contributed by atoms with Crippen LogP contribution in [0.4, 0.5) is 0 Å². The van der Waals surface area contributed by atoms with E-state index in [9.17, 15) is 4.79 Å². The van der Waals surface area contributed by atoms with E-state index >= 15 is 0 Å². The molecular weight excluding hydrogens is 152 g/mol. The van der Waals surface area contributed by atoms with Crippen LogP contribution in [0.25, 0.3) is 0 Å². The first-order chi connectivity index (χ1) is 5.63. The molecular formula is C10H16O2. The lowest BCUT2D eigenvalue weighted by atomic mass is 9.77. The molecule has 0 spiro atoms. The number of allylic oxidation sites excluding steroid dienone is 1. The molecule has 0 aliphatic heterocycles. The van der Waals surface area contributed by atoms with Crippen LogP contribution in [0.5, 0.6) is 0 Å². The van der Waals surface area contributed by atoms with E-state index in [1.54, 1.807) is 0 Å². The van der Waals surface area contributed by atoms with Crippen LogP contribution in [0.2, 0.25) is 0 Å². The first-order valence-electron chi connectivity index (χ1n) is 4.39. The quantitative estimate of drug-likeness (QED) is 0.466. The van der Waals surface area contributed by atoms with Gasteiger partial charge in [0.05, 0.1) is 12.5 Å². The lowest BCUT2D eigenvalue weighted by Gasteiger charge is -2.28. The molecule has 0 amide bonds. The Hall–Kier alpha value is -0.790. The smallest absolute Gasteiger partial charge is 0.315 e. The van der Waals surface area contributed by atoms with Gasteiger partial charge < -0.3 is 4.74 Å². The first-order valence-corrected chi connectivity index (χ1v) is 4.39. The number of hydrogen-bond acceptors (Lipinski definition) is 2. The lowest BCUT2D eigenvalue weighted by molar-refractivity contribution is -0.152. The third kappa shape index (κ3) is 1.26. The fourth-order valence-corrected chi connectivity index (χ4v) is 1.78. The van der Waals surface area contributed by atoms with Gasteiger partial charge in [0.2, 0.25) is 0 Å². The summed E-state index contributed by atoms with van der Waals surface area (Å²) in [5, 5.41) is 0. The Labute approximate surface area is 73.6 Å². The van der Waals surface area contributed by atoms with Gasteiger partial charge in [-0.1, -0.05) is 26.0 Å². The van der Waals surface area contributed by atoms with Crippen LogP contribution in [-0.4, -0.2) is 13.1 Å². The fraction of sp³-hybridized carbons (Fsp3) is 0.700. The van der Waals surface area contributed by atoms with Crippen LogP contribution in [0, 0.1) is 11.3 Å². The number of hydrogen-bond donors (Lipinski definition) is 0. The molecule has 0 saturated heterocycles. The molecule has 1 atom stereocenters. The van der Waals surface area contributed by atoms with E-state index in [1.165, 1.54) is 7.11 Å². The van der Waals surface area contributed by atoms with Crippen molar-refractivity contribution in [2.24, 2.45) is 11.3 Å². The van der Waals surface area contributed by atoms with Crippen molar-refractivity contribution in [2.45, 2.75) is 26.7 Å². The molecule has 0 fully saturated rings. The molecule has 2 heteroatoms. The van der Waals surface area contributed by atoms with E-state index in [0.717, 1.165) is 12.8 Å². The monoisotopic (exact) mass is 168 g/mol. The summed E-state index contributed by atoms with van der Waals surface area (Å²) in [7, 11) is 1.46. The van der Waals surface area contributed by atoms with Gasteiger partial charge in [0, 0.05) is 0 Å². The predicted molar refractivity (Wildman–Crippen MR) is 47.7 cm³/mol. The van der Waals surface area contributed by atoms with Gasteiger partial charge in [0.15, 0.2) is 0 Å². The number of carbonyl (C=O) groups is 1. The largest absolute Gasteiger partial charge is 0.468 e. The van der Waals surface area contributed by atoms with Crippen LogP contribution < -0.4 is 0 Å². The minimum atomic E-state index is -0.339. The molecule has 0 aromatic heterocycles. The summed E-state index contributed by atoms with van der Waals surface area (Å²) < 4.78 is 4.81. The Morgan fingerprint density at radius 1 is 1.58 bits per heavy atom. The van der Waals surface area contributed by atoms with Gasteiger partial charge in [-0.05, 0) is 18.8 Å². The van der Waals surface area contributed by atoms with Crippen LogP contribution >= 0.6 is 0 Å². The third-order valence-electron chi connectivity index (χ3n) is 2.74. The number of methoxy groups -OCH3 is 1. The van der Waals surface area contributed by atoms with Gasteiger partial charge in [-0.3, -0.25) is 4.79 Å². The van der Waals surface area contributed by atoms with E-state index in [-0.39, 0.29) is 11.4 Å². The zero-order chi connectivity index (χ0) is 9.19. The molecule has 2 nitrogen and oxygen atoms in total. The summed E-state index contributed by atoms with van der Waals surface area (Å²) in [6, 6.07) is 0. The second kappa shape index (κ2) is 3.30. The Bertz CT molecular complexity index is 206. The molecule has 0 bridgehead atoms. The van der Waals surface area contributed by atoms with Gasteiger partial charge in [-0.2, -0.15) is 0 Å². The Kier molecular flexibility index (Phi) is 2.55. The molecule has 1 aliphatic carbocycles. The van der Waals surface area contributed by atoms with E-state index in [2.05, 4.69) is 19.9 Å². The molecule has 12 heavy (non-hydrogen) atoms. The maximum absolute atomic E-state index is 11.5. The van der Waals surface area contributed by atoms with Crippen LogP contribution in [-0.2, 0) is 9.53 Å². The molecule has 68 valence electrons. The van der Waals surface area contributed by atoms with Gasteiger partial charge in [0.1, 0.15) is 0 Å². The number of esters is 1. The summed E-state index contributed by atoms with van der Waals surface area (Å²) in [6.07, 6.45) is 5.96. The molecule has 1 rings (SSSR count). The predicted octanol–water partition coefficient (Wildman–Crippen LogP) is 2.15. The van der Waals surface area contributed by atoms with Crippen LogP contribution in [0.15, 0.2) is 12.2 Å². The zero-order valence-corrected chi connectivity index (χ0v) is 7.96. The van der Waals surface area contributed by atoms with E-state index < -0.39 is 0 Å². The minimum absolute atomic E-state index is 0.0914. The average Bonchev–Trinajstić information content (AvgIpc) is 2.52. The van der Waals surface area contributed by atoms with Crippen LogP contribution in [0.3, 0.4) is 0 Å². The molecule has 1 unspecified atom stereocenters. The standard InChI is InChI=1S/C10H16O2/c1-8(2)10(9(11)12-3)6-4-5-7-10/h4,6,8H,5,7H2,1-3H3. The van der Waals surface area contributed by atoms with Gasteiger partial charge >= 0.3 is 5.97 Å². The van der Waals surface area contributed by atoms with Crippen molar-refractivity contribution in [3.05, 3.63) is 12.2 Å². The van der Waals surface area contributed by atoms with Gasteiger partial charge in [-0.15, -0.1) is 0 Å². The highest BCUT2D eigenvalue weighted by atomic mass is 16.5. The fourth-order valence-electron chi connectivity index (χ4n) is 1.78. The first kappa shape index (κ1) is 9.30. The molecule has 0 radical (unpaired) electrons. The Balaban J connectivity index is 2.87. The zero-order valence-electron chi connectivity index (χ0n) is 7.96. The molecule has 0 saturated carbocycles. The summed E-state index contributed by atoms with van der Waals surface area (Å²) in [6.45, 7) is 4.12. The van der Waals surface area contributed by atoms with Gasteiger partial charge in [0.25, 0.3) is 0 Å². The number of carbonyl (C=O) groups excluding carboxylic acids is 1. The van der Waals surface area contributed by atoms with Gasteiger partial charge in [-0.25, -0.2) is 0 Å². The highest BCUT2D eigenvalue weighted by Gasteiger charge is 2.41. The van der Waals surface area contributed by atoms with E-state index in [4.69, 9.17) is 4.74 Å². The molecule has 0 N–H and O–H groups in total. The summed E-state index contributed by atoms with van der Waals surface area (Å²) in [4.78, 5) is 11.5. The SMILES string of the molecule is COC(=O)C1(C(C)C)C=CCC1. The molecule has 0 heterocycles. The third-order valence-corrected chi connectivity index (χ3v) is 2.74. The summed E-state index contributed by atoms with van der Waals surface area (Å²) in [5.41, 5.74) is -0.339. The highest BCUT2D eigenvalue weighted by Crippen LogP contribution is 2.40. The number of rotatable bonds is 2. The number of ether oxygens (including phenoxy) is 1. The Morgan fingerprint density at radius 3 is 2.58 bits per heavy atom. The molecule has 0 aromatic rings. The van der Waals surface area contributed by atoms with Crippen molar-refractivity contribution < 1.29 is 9.53 Å². The van der Waals surface area contributed by atoms with Crippen molar-refractivity contribution in [3.8, 4) is 0 Å². The molecule has 1 aliphatic rings. The second-order valence-electron chi connectivity index (χ2n) is 3.63.